The van der Waals surface area contributed by atoms with E-state index in [1.807, 2.05) is 24.0 Å². The zero-order valence-electron chi connectivity index (χ0n) is 26.7. The Balaban J connectivity index is 0.00000351. The van der Waals surface area contributed by atoms with Crippen LogP contribution in [0.15, 0.2) is 128 Å². The summed E-state index contributed by atoms with van der Waals surface area (Å²) in [6.45, 7) is 6.70. The van der Waals surface area contributed by atoms with Crippen LogP contribution in [0.1, 0.15) is 26.5 Å². The molecule has 47 heavy (non-hydrogen) atoms. The van der Waals surface area contributed by atoms with Gasteiger partial charge in [0.1, 0.15) is 0 Å². The summed E-state index contributed by atoms with van der Waals surface area (Å²) >= 11 is 0. The molecule has 0 N–H and O–H groups in total. The van der Waals surface area contributed by atoms with Crippen molar-refractivity contribution in [2.75, 3.05) is 0 Å². The molecule has 0 unspecified atom stereocenters. The topological polar surface area (TPSA) is 40.6 Å². The van der Waals surface area contributed by atoms with Crippen LogP contribution in [0.25, 0.3) is 67.0 Å². The number of aromatic nitrogens is 5. The van der Waals surface area contributed by atoms with Gasteiger partial charge in [0.05, 0.1) is 17.2 Å². The number of benzene rings is 5. The van der Waals surface area contributed by atoms with E-state index in [0.29, 0.717) is 0 Å². The standard InChI is InChI=1S/C41H33N5.Pt/c1-41(2,3)39-37(28-14-7-5-8-15-28)38(29-16-9-6-10-17-29)46(43-39)32-22-23-34-33-20-11-12-21-35(33)45(36(34)27-32)31-19-13-18-30(26-31)40-42-24-25-44(40)4;/h5-25H,1-4H3;/q-2;+2. The van der Waals surface area contributed by atoms with E-state index in [4.69, 9.17) is 5.10 Å². The van der Waals surface area contributed by atoms with E-state index in [1.54, 1.807) is 0 Å². The number of imidazole rings is 1. The van der Waals surface area contributed by atoms with Crippen LogP contribution >= 0.6 is 0 Å². The van der Waals surface area contributed by atoms with Gasteiger partial charge in [-0.3, -0.25) is 9.67 Å². The Morgan fingerprint density at radius 3 is 2.06 bits per heavy atom. The number of nitrogens with zero attached hydrogens (tertiary/aromatic N) is 5. The van der Waals surface area contributed by atoms with Crippen molar-refractivity contribution >= 4 is 21.8 Å². The summed E-state index contributed by atoms with van der Waals surface area (Å²) in [7, 11) is 2.01. The molecule has 232 valence electrons. The molecule has 5 aromatic carbocycles. The molecule has 0 spiro atoms. The molecule has 0 amide bonds. The van der Waals surface area contributed by atoms with Gasteiger partial charge in [0.2, 0.25) is 0 Å². The summed E-state index contributed by atoms with van der Waals surface area (Å²) in [4.78, 5) is 4.58. The van der Waals surface area contributed by atoms with Crippen molar-refractivity contribution in [1.82, 2.24) is 23.9 Å². The predicted octanol–water partition coefficient (Wildman–Crippen LogP) is 9.60. The number of rotatable bonds is 5. The molecular formula is C41H33N5Pt. The van der Waals surface area contributed by atoms with E-state index < -0.39 is 0 Å². The van der Waals surface area contributed by atoms with Gasteiger partial charge in [-0.2, -0.15) is 11.2 Å². The molecule has 0 aliphatic rings. The zero-order chi connectivity index (χ0) is 31.4. The van der Waals surface area contributed by atoms with Gasteiger partial charge in [-0.15, -0.1) is 47.3 Å². The van der Waals surface area contributed by atoms with Gasteiger partial charge < -0.3 is 9.13 Å². The third kappa shape index (κ3) is 5.25. The van der Waals surface area contributed by atoms with E-state index in [2.05, 4.69) is 162 Å². The number of para-hydroxylation sites is 1. The zero-order valence-corrected chi connectivity index (χ0v) is 28.9. The van der Waals surface area contributed by atoms with Gasteiger partial charge in [-0.05, 0) is 28.4 Å². The Kier molecular flexibility index (Phi) is 7.82. The normalized spacial score (nSPS) is 11.7. The maximum absolute atomic E-state index is 5.38. The van der Waals surface area contributed by atoms with E-state index >= 15 is 0 Å². The molecule has 0 aliphatic heterocycles. The molecule has 5 nitrogen and oxygen atoms in total. The van der Waals surface area contributed by atoms with Crippen LogP contribution in [-0.4, -0.2) is 23.9 Å². The fourth-order valence-electron chi connectivity index (χ4n) is 6.46. The van der Waals surface area contributed by atoms with Crippen molar-refractivity contribution in [3.05, 3.63) is 145 Å². The molecule has 8 rings (SSSR count). The van der Waals surface area contributed by atoms with E-state index in [1.165, 1.54) is 5.39 Å². The van der Waals surface area contributed by atoms with Crippen molar-refractivity contribution in [2.24, 2.45) is 7.05 Å². The first-order chi connectivity index (χ1) is 22.4. The van der Waals surface area contributed by atoms with Gasteiger partial charge in [-0.25, -0.2) is 0 Å². The number of hydrogen-bond donors (Lipinski definition) is 0. The number of fused-ring (bicyclic) bond motifs is 3. The molecule has 0 radical (unpaired) electrons. The smallest absolute Gasteiger partial charge is 0.373 e. The van der Waals surface area contributed by atoms with E-state index in [9.17, 15) is 0 Å². The molecule has 0 saturated carbocycles. The number of hydrogen-bond acceptors (Lipinski definition) is 2. The van der Waals surface area contributed by atoms with Gasteiger partial charge >= 0.3 is 21.1 Å². The average molecular weight is 791 g/mol. The minimum atomic E-state index is -0.195. The van der Waals surface area contributed by atoms with Gasteiger partial charge in [0, 0.05) is 41.5 Å². The van der Waals surface area contributed by atoms with Crippen molar-refractivity contribution in [2.45, 2.75) is 26.2 Å². The molecule has 0 fully saturated rings. The molecule has 6 heteroatoms. The van der Waals surface area contributed by atoms with Crippen LogP contribution in [0.3, 0.4) is 0 Å². The largest absolute Gasteiger partial charge is 2.00 e. The maximum atomic E-state index is 5.38. The fraction of sp³-hybridized carbons (Fsp3) is 0.122. The Labute approximate surface area is 289 Å². The summed E-state index contributed by atoms with van der Waals surface area (Å²) < 4.78 is 6.37. The Morgan fingerprint density at radius 1 is 0.660 bits per heavy atom. The van der Waals surface area contributed by atoms with Gasteiger partial charge in [0.25, 0.3) is 0 Å². The quantitative estimate of drug-likeness (QED) is 0.163. The summed E-state index contributed by atoms with van der Waals surface area (Å²) in [5, 5.41) is 7.68. The third-order valence-corrected chi connectivity index (χ3v) is 8.58. The molecule has 0 atom stereocenters. The Hall–Kier alpha value is -4.99. The predicted molar refractivity (Wildman–Crippen MR) is 187 cm³/mol. The number of aryl methyl sites for hydroxylation is 1. The Morgan fingerprint density at radius 2 is 1.36 bits per heavy atom. The second kappa shape index (κ2) is 12.0. The molecule has 0 bridgehead atoms. The fourth-order valence-corrected chi connectivity index (χ4v) is 6.46. The molecule has 3 heterocycles. The van der Waals surface area contributed by atoms with Crippen LogP contribution in [0, 0.1) is 12.1 Å². The first-order valence-electron chi connectivity index (χ1n) is 15.6. The first-order valence-corrected chi connectivity index (χ1v) is 15.6. The van der Waals surface area contributed by atoms with Crippen molar-refractivity contribution in [3.63, 3.8) is 0 Å². The van der Waals surface area contributed by atoms with Crippen molar-refractivity contribution in [1.29, 1.82) is 0 Å². The monoisotopic (exact) mass is 790 g/mol. The summed E-state index contributed by atoms with van der Waals surface area (Å²) in [5.41, 5.74) is 10.1. The Bertz CT molecular complexity index is 2360. The maximum Gasteiger partial charge on any atom is 2.00 e. The minimum absolute atomic E-state index is 0. The van der Waals surface area contributed by atoms with Crippen LogP contribution in [-0.2, 0) is 33.5 Å². The van der Waals surface area contributed by atoms with Crippen LogP contribution in [0.4, 0.5) is 0 Å². The van der Waals surface area contributed by atoms with Crippen LogP contribution < -0.4 is 0 Å². The molecule has 8 aromatic rings. The average Bonchev–Trinajstić information content (AvgIpc) is 3.79. The van der Waals surface area contributed by atoms with E-state index in [-0.39, 0.29) is 26.5 Å². The van der Waals surface area contributed by atoms with Gasteiger partial charge in [0.15, 0.2) is 0 Å². The second-order valence-electron chi connectivity index (χ2n) is 12.7. The molecular weight excluding hydrogens is 758 g/mol. The van der Waals surface area contributed by atoms with Crippen LogP contribution in [0.2, 0.25) is 0 Å². The van der Waals surface area contributed by atoms with Crippen LogP contribution in [0.5, 0.6) is 0 Å². The second-order valence-corrected chi connectivity index (χ2v) is 12.7. The van der Waals surface area contributed by atoms with Crippen molar-refractivity contribution < 1.29 is 21.1 Å². The SMILES string of the molecule is Cn1ccnc1-c1[c-]c(-n2c3[c-]c(-n4nc(C(C)(C)C)c(-c5ccccc5)c4-c4ccccc4)ccc3c3ccccc32)ccc1.[Pt+2]. The first kappa shape index (κ1) is 30.7. The summed E-state index contributed by atoms with van der Waals surface area (Å²) in [6, 6.07) is 47.8. The molecule has 0 aliphatic carbocycles. The summed E-state index contributed by atoms with van der Waals surface area (Å²) in [5.74, 6) is 0.875. The van der Waals surface area contributed by atoms with Gasteiger partial charge in [-0.1, -0.05) is 105 Å². The molecule has 3 aromatic heterocycles. The molecule has 0 saturated heterocycles. The minimum Gasteiger partial charge on any atom is -0.373 e. The third-order valence-electron chi connectivity index (χ3n) is 8.58. The van der Waals surface area contributed by atoms with Crippen molar-refractivity contribution in [3.8, 4) is 45.1 Å². The summed E-state index contributed by atoms with van der Waals surface area (Å²) in [6.07, 6.45) is 3.78. The van der Waals surface area contributed by atoms with E-state index in [0.717, 1.165) is 67.3 Å².